The van der Waals surface area contributed by atoms with Crippen molar-refractivity contribution in [2.75, 3.05) is 12.4 Å². The molecule has 2 atom stereocenters. The van der Waals surface area contributed by atoms with E-state index in [0.717, 1.165) is 42.9 Å². The summed E-state index contributed by atoms with van der Waals surface area (Å²) in [4.78, 5) is 20.5. The highest BCUT2D eigenvalue weighted by atomic mass is 16.5. The molecule has 0 aromatic carbocycles. The topological polar surface area (TPSA) is 117 Å². The predicted octanol–water partition coefficient (Wildman–Crippen LogP) is 3.99. The van der Waals surface area contributed by atoms with Gasteiger partial charge in [-0.1, -0.05) is 12.8 Å². The molecule has 3 saturated carbocycles. The fourth-order valence-corrected chi connectivity index (χ4v) is 6.29. The van der Waals surface area contributed by atoms with Crippen LogP contribution in [0, 0.1) is 17.2 Å². The van der Waals surface area contributed by atoms with Crippen molar-refractivity contribution in [3.63, 3.8) is 0 Å². The molecular weight excluding hydrogens is 454 g/mol. The summed E-state index contributed by atoms with van der Waals surface area (Å²) < 4.78 is 8.46. The van der Waals surface area contributed by atoms with Gasteiger partial charge in [0.2, 0.25) is 5.95 Å². The molecule has 3 aromatic rings. The summed E-state index contributed by atoms with van der Waals surface area (Å²) in [5.41, 5.74) is 3.25. The van der Waals surface area contributed by atoms with Crippen LogP contribution in [0.25, 0.3) is 5.52 Å². The van der Waals surface area contributed by atoms with E-state index in [1.165, 1.54) is 37.7 Å². The average Bonchev–Trinajstić information content (AvgIpc) is 3.53. The molecule has 3 heterocycles. The normalized spacial score (nSPS) is 27.1. The van der Waals surface area contributed by atoms with Gasteiger partial charge >= 0.3 is 0 Å². The second kappa shape index (κ2) is 9.08. The molecule has 9 nitrogen and oxygen atoms in total. The standard InChI is InChI=1S/C27H31N7O2/c1-29-25(35)22-9-11-30-26(33-22)32-20-5-7-21(8-6-20)36-23-12-19(27-10-3-2-4-18(27)13-27)16-34-24(23)17(14-28)15-31-34/h9,11-12,15-16,18,20-21H,2-8,10,13H2,1H3,(H,29,35)(H,30,32,33). The smallest absolute Gasteiger partial charge is 0.269 e. The molecule has 0 aliphatic heterocycles. The van der Waals surface area contributed by atoms with Crippen LogP contribution in [0.4, 0.5) is 5.95 Å². The molecule has 0 spiro atoms. The van der Waals surface area contributed by atoms with Crippen LogP contribution in [-0.4, -0.2) is 44.7 Å². The maximum absolute atomic E-state index is 11.9. The molecule has 0 radical (unpaired) electrons. The van der Waals surface area contributed by atoms with E-state index in [0.29, 0.717) is 17.2 Å². The number of nitrogens with zero attached hydrogens (tertiary/aromatic N) is 5. The summed E-state index contributed by atoms with van der Waals surface area (Å²) in [7, 11) is 1.59. The van der Waals surface area contributed by atoms with Crippen LogP contribution >= 0.6 is 0 Å². The summed E-state index contributed by atoms with van der Waals surface area (Å²) in [5.74, 6) is 1.80. The zero-order chi connectivity index (χ0) is 24.7. The first-order chi connectivity index (χ1) is 17.6. The van der Waals surface area contributed by atoms with E-state index in [-0.39, 0.29) is 23.5 Å². The first-order valence-electron chi connectivity index (χ1n) is 13.0. The zero-order valence-corrected chi connectivity index (χ0v) is 20.5. The summed E-state index contributed by atoms with van der Waals surface area (Å²) in [6.07, 6.45) is 15.4. The van der Waals surface area contributed by atoms with E-state index < -0.39 is 0 Å². The number of pyridine rings is 1. The highest BCUT2D eigenvalue weighted by Crippen LogP contribution is 2.62. The van der Waals surface area contributed by atoms with Gasteiger partial charge in [0, 0.05) is 30.9 Å². The number of nitrogens with one attached hydrogen (secondary N) is 2. The summed E-state index contributed by atoms with van der Waals surface area (Å²) >= 11 is 0. The van der Waals surface area contributed by atoms with Crippen LogP contribution in [0.1, 0.15) is 79.4 Å². The number of ether oxygens (including phenoxy) is 1. The molecule has 3 aliphatic rings. The van der Waals surface area contributed by atoms with Crippen LogP contribution in [0.2, 0.25) is 0 Å². The summed E-state index contributed by atoms with van der Waals surface area (Å²) in [6, 6.07) is 6.30. The van der Waals surface area contributed by atoms with Gasteiger partial charge in [0.15, 0.2) is 0 Å². The quantitative estimate of drug-likeness (QED) is 0.542. The van der Waals surface area contributed by atoms with E-state index in [9.17, 15) is 10.1 Å². The molecule has 0 bridgehead atoms. The van der Waals surface area contributed by atoms with Crippen LogP contribution in [0.3, 0.4) is 0 Å². The predicted molar refractivity (Wildman–Crippen MR) is 134 cm³/mol. The Labute approximate surface area is 210 Å². The molecule has 3 aromatic heterocycles. The third-order valence-corrected chi connectivity index (χ3v) is 8.35. The molecule has 3 fully saturated rings. The third kappa shape index (κ3) is 4.04. The fourth-order valence-electron chi connectivity index (χ4n) is 6.29. The van der Waals surface area contributed by atoms with Crippen molar-refractivity contribution in [2.45, 2.75) is 75.3 Å². The zero-order valence-electron chi connectivity index (χ0n) is 20.5. The molecule has 3 aliphatic carbocycles. The van der Waals surface area contributed by atoms with Gasteiger partial charge in [-0.2, -0.15) is 10.4 Å². The molecule has 2 unspecified atom stereocenters. The minimum atomic E-state index is -0.229. The van der Waals surface area contributed by atoms with Crippen molar-refractivity contribution in [1.82, 2.24) is 24.9 Å². The second-order valence-corrected chi connectivity index (χ2v) is 10.4. The van der Waals surface area contributed by atoms with Crippen molar-refractivity contribution in [2.24, 2.45) is 5.92 Å². The maximum atomic E-state index is 11.9. The Kier molecular flexibility index (Phi) is 5.75. The van der Waals surface area contributed by atoms with Gasteiger partial charge in [0.1, 0.15) is 28.6 Å². The first kappa shape index (κ1) is 22.8. The van der Waals surface area contributed by atoms with Crippen LogP contribution in [0.15, 0.2) is 30.7 Å². The lowest BCUT2D eigenvalue weighted by Gasteiger charge is -2.30. The Hall–Kier alpha value is -3.67. The number of carbonyl (C=O) groups excluding carboxylic acids is 1. The molecular formula is C27H31N7O2. The van der Waals surface area contributed by atoms with Gasteiger partial charge in [-0.25, -0.2) is 14.5 Å². The maximum Gasteiger partial charge on any atom is 0.269 e. The van der Waals surface area contributed by atoms with Gasteiger partial charge in [0.25, 0.3) is 5.91 Å². The number of fused-ring (bicyclic) bond motifs is 2. The Bertz CT molecular complexity index is 1340. The average molecular weight is 486 g/mol. The lowest BCUT2D eigenvalue weighted by Crippen LogP contribution is -2.32. The van der Waals surface area contributed by atoms with Gasteiger partial charge in [0.05, 0.1) is 12.3 Å². The molecule has 6 rings (SSSR count). The SMILES string of the molecule is CNC(=O)c1ccnc(NC2CCC(Oc3cc(C45CCCCC4C5)cn4ncc(C#N)c34)CC2)n1. The summed E-state index contributed by atoms with van der Waals surface area (Å²) in [5, 5.41) is 20.1. The van der Waals surface area contributed by atoms with E-state index in [1.54, 1.807) is 25.5 Å². The molecule has 186 valence electrons. The molecule has 9 heteroatoms. The Morgan fingerprint density at radius 1 is 1.25 bits per heavy atom. The molecule has 1 amide bonds. The second-order valence-electron chi connectivity index (χ2n) is 10.4. The first-order valence-corrected chi connectivity index (χ1v) is 13.0. The number of carbonyl (C=O) groups is 1. The minimum Gasteiger partial charge on any atom is -0.488 e. The highest BCUT2D eigenvalue weighted by molar-refractivity contribution is 5.92. The monoisotopic (exact) mass is 485 g/mol. The van der Waals surface area contributed by atoms with E-state index in [2.05, 4.69) is 44.0 Å². The van der Waals surface area contributed by atoms with Gasteiger partial charge in [-0.05, 0) is 68.6 Å². The van der Waals surface area contributed by atoms with E-state index in [4.69, 9.17) is 4.74 Å². The van der Waals surface area contributed by atoms with Crippen LogP contribution < -0.4 is 15.4 Å². The minimum absolute atomic E-state index is 0.0699. The summed E-state index contributed by atoms with van der Waals surface area (Å²) in [6.45, 7) is 0. The number of hydrogen-bond donors (Lipinski definition) is 2. The number of hydrogen-bond acceptors (Lipinski definition) is 7. The number of amides is 1. The molecule has 0 saturated heterocycles. The van der Waals surface area contributed by atoms with Crippen LogP contribution in [-0.2, 0) is 5.41 Å². The third-order valence-electron chi connectivity index (χ3n) is 8.35. The van der Waals surface area contributed by atoms with Crippen molar-refractivity contribution >= 4 is 17.4 Å². The van der Waals surface area contributed by atoms with Crippen molar-refractivity contribution in [3.8, 4) is 11.8 Å². The Balaban J connectivity index is 1.17. The largest absolute Gasteiger partial charge is 0.488 e. The number of anilines is 1. The van der Waals surface area contributed by atoms with Crippen LogP contribution in [0.5, 0.6) is 5.75 Å². The number of rotatable bonds is 6. The number of aromatic nitrogens is 4. The van der Waals surface area contributed by atoms with Gasteiger partial charge < -0.3 is 15.4 Å². The van der Waals surface area contributed by atoms with Gasteiger partial charge in [-0.3, -0.25) is 4.79 Å². The Morgan fingerprint density at radius 2 is 2.11 bits per heavy atom. The lowest BCUT2D eigenvalue weighted by atomic mass is 9.83. The van der Waals surface area contributed by atoms with Crippen molar-refractivity contribution in [1.29, 1.82) is 5.26 Å². The van der Waals surface area contributed by atoms with E-state index in [1.807, 2.05) is 4.52 Å². The molecule has 2 N–H and O–H groups in total. The van der Waals surface area contributed by atoms with Crippen molar-refractivity contribution in [3.05, 3.63) is 47.5 Å². The van der Waals surface area contributed by atoms with Crippen molar-refractivity contribution < 1.29 is 9.53 Å². The van der Waals surface area contributed by atoms with Gasteiger partial charge in [-0.15, -0.1) is 0 Å². The highest BCUT2D eigenvalue weighted by Gasteiger charge is 2.56. The fraction of sp³-hybridized carbons (Fsp3) is 0.519. The Morgan fingerprint density at radius 3 is 2.89 bits per heavy atom. The lowest BCUT2D eigenvalue weighted by molar-refractivity contribution is 0.0958. The number of nitriles is 1. The molecule has 36 heavy (non-hydrogen) atoms. The van der Waals surface area contributed by atoms with E-state index >= 15 is 0 Å².